The summed E-state index contributed by atoms with van der Waals surface area (Å²) in [5.41, 5.74) is 0.113. The molecule has 0 unspecified atom stereocenters. The predicted octanol–water partition coefficient (Wildman–Crippen LogP) is 1.33. The molecule has 1 aromatic heterocycles. The third-order valence-corrected chi connectivity index (χ3v) is 5.29. The van der Waals surface area contributed by atoms with Crippen LogP contribution in [0.25, 0.3) is 16.9 Å². The summed E-state index contributed by atoms with van der Waals surface area (Å²) in [5, 5.41) is 2.70. The zero-order valence-electron chi connectivity index (χ0n) is 12.9. The molecule has 0 saturated carbocycles. The second kappa shape index (κ2) is 6.21. The van der Waals surface area contributed by atoms with E-state index in [9.17, 15) is 26.2 Å². The smallest absolute Gasteiger partial charge is 0.290 e. The van der Waals surface area contributed by atoms with E-state index in [4.69, 9.17) is 4.55 Å². The van der Waals surface area contributed by atoms with Crippen molar-refractivity contribution in [3.05, 3.63) is 65.0 Å². The van der Waals surface area contributed by atoms with Crippen LogP contribution in [0, 0.1) is 0 Å². The van der Waals surface area contributed by atoms with Crippen LogP contribution in [0.2, 0.25) is 0 Å². The van der Waals surface area contributed by atoms with Crippen LogP contribution in [-0.2, 0) is 20.2 Å². The number of benzene rings is 2. The fourth-order valence-corrected chi connectivity index (χ4v) is 3.67. The first-order valence-corrected chi connectivity index (χ1v) is 9.92. The normalized spacial score (nSPS) is 12.2. The fraction of sp³-hybridized carbons (Fsp3) is 0. The van der Waals surface area contributed by atoms with Crippen molar-refractivity contribution in [3.63, 3.8) is 0 Å². The Kier molecular flexibility index (Phi) is 4.32. The maximum atomic E-state index is 12.3. The Labute approximate surface area is 148 Å². The molecule has 0 atom stereocenters. The topological polar surface area (TPSA) is 147 Å². The van der Waals surface area contributed by atoms with E-state index < -0.39 is 35.6 Å². The molecule has 0 saturated heterocycles. The van der Waals surface area contributed by atoms with Crippen LogP contribution in [0.3, 0.4) is 0 Å². The van der Waals surface area contributed by atoms with Gasteiger partial charge < -0.3 is 0 Å². The first-order chi connectivity index (χ1) is 12.1. The van der Waals surface area contributed by atoms with Crippen molar-refractivity contribution < 1.29 is 25.9 Å². The van der Waals surface area contributed by atoms with Crippen molar-refractivity contribution in [2.24, 2.45) is 0 Å². The third kappa shape index (κ3) is 3.46. The van der Waals surface area contributed by atoms with E-state index in [0.717, 1.165) is 16.8 Å². The number of aromatic amines is 1. The molecule has 1 heterocycles. The van der Waals surface area contributed by atoms with Crippen LogP contribution in [0.15, 0.2) is 69.2 Å². The molecule has 0 radical (unpaired) electrons. The van der Waals surface area contributed by atoms with Crippen LogP contribution in [0.4, 0.5) is 0 Å². The first kappa shape index (κ1) is 18.1. The van der Waals surface area contributed by atoms with Gasteiger partial charge in [-0.15, -0.1) is 0 Å². The van der Waals surface area contributed by atoms with Crippen LogP contribution in [0.1, 0.15) is 0 Å². The van der Waals surface area contributed by atoms with E-state index in [1.165, 1.54) is 6.07 Å². The van der Waals surface area contributed by atoms with Crippen LogP contribution in [0.5, 0.6) is 0 Å². The van der Waals surface area contributed by atoms with Gasteiger partial charge in [-0.1, -0.05) is 30.3 Å². The summed E-state index contributed by atoms with van der Waals surface area (Å²) in [6.07, 6.45) is 0. The summed E-state index contributed by atoms with van der Waals surface area (Å²) in [6.45, 7) is 0. The van der Waals surface area contributed by atoms with Gasteiger partial charge in [-0.3, -0.25) is 19.0 Å². The lowest BCUT2D eigenvalue weighted by atomic mass is 10.2. The molecule has 3 N–H and O–H groups in total. The van der Waals surface area contributed by atoms with Gasteiger partial charge in [-0.25, -0.2) is 4.68 Å². The second-order valence-corrected chi connectivity index (χ2v) is 8.10. The Balaban J connectivity index is 2.25. The number of hydrogen-bond donors (Lipinski definition) is 3. The summed E-state index contributed by atoms with van der Waals surface area (Å²) >= 11 is 0. The maximum absolute atomic E-state index is 12.3. The molecule has 9 nitrogen and oxygen atoms in total. The Bertz CT molecular complexity index is 1240. The molecule has 2 aromatic carbocycles. The summed E-state index contributed by atoms with van der Waals surface area (Å²) < 4.78 is 65.0. The van der Waals surface area contributed by atoms with Gasteiger partial charge in [0, 0.05) is 6.07 Å². The number of nitrogens with zero attached hydrogens (tertiary/aromatic N) is 1. The highest BCUT2D eigenvalue weighted by molar-refractivity contribution is 7.86. The molecular formula is C15H12N2O7S2. The van der Waals surface area contributed by atoms with E-state index in [1.54, 1.807) is 30.3 Å². The average Bonchev–Trinajstić information content (AvgIpc) is 2.95. The maximum Gasteiger partial charge on any atom is 0.296 e. The van der Waals surface area contributed by atoms with Crippen molar-refractivity contribution in [2.75, 3.05) is 0 Å². The van der Waals surface area contributed by atoms with Crippen LogP contribution >= 0.6 is 0 Å². The zero-order valence-corrected chi connectivity index (χ0v) is 14.5. The van der Waals surface area contributed by atoms with Crippen molar-refractivity contribution in [3.8, 4) is 16.9 Å². The molecular weight excluding hydrogens is 384 g/mol. The molecule has 3 rings (SSSR count). The summed E-state index contributed by atoms with van der Waals surface area (Å²) in [4.78, 5) is 10.7. The Morgan fingerprint density at radius 3 is 2.08 bits per heavy atom. The molecule has 0 aliphatic carbocycles. The van der Waals surface area contributed by atoms with Gasteiger partial charge in [-0.2, -0.15) is 16.8 Å². The van der Waals surface area contributed by atoms with Gasteiger partial charge in [0.25, 0.3) is 25.8 Å². The molecule has 11 heteroatoms. The lowest BCUT2D eigenvalue weighted by molar-refractivity contribution is 0.480. The first-order valence-electron chi connectivity index (χ1n) is 7.04. The van der Waals surface area contributed by atoms with Gasteiger partial charge in [-0.05, 0) is 23.8 Å². The van der Waals surface area contributed by atoms with Gasteiger partial charge in [0.15, 0.2) is 0 Å². The fourth-order valence-electron chi connectivity index (χ4n) is 2.39. The molecule has 0 spiro atoms. The predicted molar refractivity (Wildman–Crippen MR) is 91.5 cm³/mol. The SMILES string of the molecule is O=c1cc(-c2ccccc2)[nH]n1-c1ccc(S(=O)(=O)O)cc1S(=O)(=O)O. The van der Waals surface area contributed by atoms with E-state index in [-0.39, 0.29) is 5.69 Å². The molecule has 0 amide bonds. The number of nitrogens with one attached hydrogen (secondary N) is 1. The summed E-state index contributed by atoms with van der Waals surface area (Å²) in [7, 11) is -9.60. The van der Waals surface area contributed by atoms with Crippen molar-refractivity contribution >= 4 is 20.2 Å². The van der Waals surface area contributed by atoms with Crippen molar-refractivity contribution in [1.29, 1.82) is 0 Å². The van der Waals surface area contributed by atoms with E-state index in [1.807, 2.05) is 0 Å². The zero-order chi connectivity index (χ0) is 19.1. The number of hydrogen-bond acceptors (Lipinski definition) is 5. The molecule has 0 bridgehead atoms. The average molecular weight is 396 g/mol. The molecule has 0 fully saturated rings. The molecule has 0 aliphatic rings. The van der Waals surface area contributed by atoms with Gasteiger partial charge in [0.1, 0.15) is 4.90 Å². The highest BCUT2D eigenvalue weighted by Crippen LogP contribution is 2.24. The third-order valence-electron chi connectivity index (χ3n) is 3.55. The number of rotatable bonds is 4. The monoisotopic (exact) mass is 396 g/mol. The number of H-pyrrole nitrogens is 1. The lowest BCUT2D eigenvalue weighted by Crippen LogP contribution is -2.17. The van der Waals surface area contributed by atoms with E-state index in [2.05, 4.69) is 5.10 Å². The van der Waals surface area contributed by atoms with Gasteiger partial charge >= 0.3 is 0 Å². The molecule has 0 aliphatic heterocycles. The minimum absolute atomic E-state index is 0.299. The highest BCUT2D eigenvalue weighted by Gasteiger charge is 2.23. The second-order valence-electron chi connectivity index (χ2n) is 5.29. The molecule has 3 aromatic rings. The standard InChI is InChI=1S/C15H12N2O7S2/c18-15-9-12(10-4-2-1-3-5-10)16-17(15)13-7-6-11(25(19,20)21)8-14(13)26(22,23)24/h1-9,16H,(H,19,20,21)(H,22,23,24). The van der Waals surface area contributed by atoms with Crippen LogP contribution < -0.4 is 5.56 Å². The molecule has 136 valence electrons. The Morgan fingerprint density at radius 2 is 1.50 bits per heavy atom. The Morgan fingerprint density at radius 1 is 0.846 bits per heavy atom. The summed E-state index contributed by atoms with van der Waals surface area (Å²) in [5.74, 6) is 0. The van der Waals surface area contributed by atoms with E-state index in [0.29, 0.717) is 17.3 Å². The van der Waals surface area contributed by atoms with Gasteiger partial charge in [0.2, 0.25) is 0 Å². The summed E-state index contributed by atoms with van der Waals surface area (Å²) in [6, 6.07) is 12.4. The Hall–Kier alpha value is -2.73. The van der Waals surface area contributed by atoms with Gasteiger partial charge in [0.05, 0.1) is 16.3 Å². The van der Waals surface area contributed by atoms with Crippen LogP contribution in [-0.4, -0.2) is 35.7 Å². The highest BCUT2D eigenvalue weighted by atomic mass is 32.2. The lowest BCUT2D eigenvalue weighted by Gasteiger charge is -2.09. The largest absolute Gasteiger partial charge is 0.296 e. The quantitative estimate of drug-likeness (QED) is 0.564. The molecule has 26 heavy (non-hydrogen) atoms. The number of aromatic nitrogens is 2. The minimum atomic E-state index is -4.89. The minimum Gasteiger partial charge on any atom is -0.290 e. The van der Waals surface area contributed by atoms with Crippen molar-refractivity contribution in [1.82, 2.24) is 9.78 Å². The van der Waals surface area contributed by atoms with Crippen molar-refractivity contribution in [2.45, 2.75) is 9.79 Å². The van der Waals surface area contributed by atoms with E-state index >= 15 is 0 Å².